The number of rotatable bonds is 8. The Hall–Kier alpha value is -3.07. The topological polar surface area (TPSA) is 72.1 Å². The number of morpholine rings is 1. The first kappa shape index (κ1) is 20.7. The van der Waals surface area contributed by atoms with Crippen LogP contribution < -0.4 is 25.0 Å². The van der Waals surface area contributed by atoms with Gasteiger partial charge in [0.2, 0.25) is 5.91 Å². The van der Waals surface area contributed by atoms with Crippen molar-refractivity contribution in [3.63, 3.8) is 0 Å². The minimum Gasteiger partial charge on any atom is -0.493 e. The highest BCUT2D eigenvalue weighted by Crippen LogP contribution is 2.31. The van der Waals surface area contributed by atoms with Crippen molar-refractivity contribution in [2.24, 2.45) is 0 Å². The number of halogens is 2. The van der Waals surface area contributed by atoms with Gasteiger partial charge in [0.15, 0.2) is 11.5 Å². The average molecular weight is 407 g/mol. The van der Waals surface area contributed by atoms with Crippen molar-refractivity contribution in [2.45, 2.75) is 6.61 Å². The van der Waals surface area contributed by atoms with Crippen molar-refractivity contribution in [1.29, 1.82) is 0 Å². The maximum Gasteiger partial charge on any atom is 0.387 e. The lowest BCUT2D eigenvalue weighted by Gasteiger charge is -2.28. The second-order valence-electron chi connectivity index (χ2n) is 6.29. The van der Waals surface area contributed by atoms with Crippen LogP contribution in [0.1, 0.15) is 0 Å². The summed E-state index contributed by atoms with van der Waals surface area (Å²) in [4.78, 5) is 14.4. The van der Waals surface area contributed by atoms with Crippen molar-refractivity contribution in [2.75, 3.05) is 55.5 Å². The van der Waals surface area contributed by atoms with Crippen LogP contribution in [-0.2, 0) is 9.53 Å². The predicted molar refractivity (Wildman–Crippen MR) is 106 cm³/mol. The van der Waals surface area contributed by atoms with Gasteiger partial charge >= 0.3 is 6.61 Å². The van der Waals surface area contributed by atoms with E-state index in [-0.39, 0.29) is 24.0 Å². The number of ether oxygens (including phenoxy) is 3. The molecular formula is C20H23F2N3O4. The van der Waals surface area contributed by atoms with Gasteiger partial charge in [0, 0.05) is 36.2 Å². The molecule has 0 aromatic heterocycles. The second kappa shape index (κ2) is 9.92. The van der Waals surface area contributed by atoms with Gasteiger partial charge in [-0.3, -0.25) is 4.79 Å². The Kier molecular flexibility index (Phi) is 7.07. The van der Waals surface area contributed by atoms with E-state index in [1.54, 1.807) is 6.07 Å². The van der Waals surface area contributed by atoms with Gasteiger partial charge in [-0.1, -0.05) is 0 Å². The van der Waals surface area contributed by atoms with Crippen molar-refractivity contribution in [1.82, 2.24) is 0 Å². The van der Waals surface area contributed by atoms with Crippen LogP contribution >= 0.6 is 0 Å². The van der Waals surface area contributed by atoms with Gasteiger partial charge in [0.1, 0.15) is 0 Å². The molecule has 1 amide bonds. The molecule has 156 valence electrons. The Balaban J connectivity index is 1.53. The van der Waals surface area contributed by atoms with Crippen LogP contribution in [0.15, 0.2) is 42.5 Å². The number of alkyl halides is 2. The molecule has 2 aromatic rings. The molecule has 2 N–H and O–H groups in total. The van der Waals surface area contributed by atoms with Gasteiger partial charge in [-0.15, -0.1) is 0 Å². The van der Waals surface area contributed by atoms with E-state index >= 15 is 0 Å². The Labute approximate surface area is 167 Å². The Bertz CT molecular complexity index is 812. The van der Waals surface area contributed by atoms with Crippen molar-refractivity contribution in [3.8, 4) is 11.5 Å². The smallest absolute Gasteiger partial charge is 0.387 e. The Morgan fingerprint density at radius 2 is 1.79 bits per heavy atom. The number of methoxy groups -OCH3 is 1. The fraction of sp³-hybridized carbons (Fsp3) is 0.350. The number of nitrogens with zero attached hydrogens (tertiary/aromatic N) is 1. The van der Waals surface area contributed by atoms with Crippen molar-refractivity contribution >= 4 is 23.0 Å². The van der Waals surface area contributed by atoms with E-state index in [1.807, 2.05) is 24.3 Å². The van der Waals surface area contributed by atoms with Crippen LogP contribution in [0.5, 0.6) is 11.5 Å². The molecule has 0 bridgehead atoms. The standard InChI is InChI=1S/C20H23F2N3O4/c1-27-17-7-4-15(12-18(17)29-20(21)22)23-13-19(26)24-14-2-5-16(6-3-14)25-8-10-28-11-9-25/h2-7,12,20,23H,8-11,13H2,1H3,(H,24,26). The van der Waals surface area contributed by atoms with Gasteiger partial charge in [-0.2, -0.15) is 8.78 Å². The first-order valence-electron chi connectivity index (χ1n) is 9.14. The zero-order chi connectivity index (χ0) is 20.6. The summed E-state index contributed by atoms with van der Waals surface area (Å²) in [6.07, 6.45) is 0. The summed E-state index contributed by atoms with van der Waals surface area (Å²) in [5.41, 5.74) is 2.21. The Morgan fingerprint density at radius 1 is 1.10 bits per heavy atom. The molecule has 0 saturated carbocycles. The highest BCUT2D eigenvalue weighted by atomic mass is 19.3. The molecule has 0 spiro atoms. The largest absolute Gasteiger partial charge is 0.493 e. The van der Waals surface area contributed by atoms with E-state index in [0.717, 1.165) is 18.8 Å². The number of hydrogen-bond donors (Lipinski definition) is 2. The van der Waals surface area contributed by atoms with Crippen LogP contribution in [-0.4, -0.2) is 52.5 Å². The zero-order valence-electron chi connectivity index (χ0n) is 16.0. The van der Waals surface area contributed by atoms with E-state index in [1.165, 1.54) is 19.2 Å². The Morgan fingerprint density at radius 3 is 2.45 bits per heavy atom. The number of hydrogen-bond acceptors (Lipinski definition) is 6. The fourth-order valence-electron chi connectivity index (χ4n) is 2.94. The molecular weight excluding hydrogens is 384 g/mol. The zero-order valence-corrected chi connectivity index (χ0v) is 16.0. The van der Waals surface area contributed by atoms with Gasteiger partial charge in [-0.05, 0) is 36.4 Å². The van der Waals surface area contributed by atoms with Gasteiger partial charge < -0.3 is 29.7 Å². The van der Waals surface area contributed by atoms with Gasteiger partial charge in [0.25, 0.3) is 0 Å². The summed E-state index contributed by atoms with van der Waals surface area (Å²) >= 11 is 0. The molecule has 1 fully saturated rings. The molecule has 0 unspecified atom stereocenters. The molecule has 1 saturated heterocycles. The number of amides is 1. The third kappa shape index (κ3) is 5.95. The maximum absolute atomic E-state index is 12.5. The van der Waals surface area contributed by atoms with E-state index in [2.05, 4.69) is 20.3 Å². The van der Waals surface area contributed by atoms with Crippen LogP contribution in [0.2, 0.25) is 0 Å². The van der Waals surface area contributed by atoms with E-state index < -0.39 is 6.61 Å². The third-order valence-electron chi connectivity index (χ3n) is 4.36. The number of carbonyl (C=O) groups is 1. The SMILES string of the molecule is COc1ccc(NCC(=O)Nc2ccc(N3CCOCC3)cc2)cc1OC(F)F. The molecule has 1 heterocycles. The molecule has 0 atom stereocenters. The van der Waals surface area contributed by atoms with Gasteiger partial charge in [-0.25, -0.2) is 0 Å². The molecule has 29 heavy (non-hydrogen) atoms. The highest BCUT2D eigenvalue weighted by molar-refractivity contribution is 5.94. The lowest BCUT2D eigenvalue weighted by molar-refractivity contribution is -0.114. The van der Waals surface area contributed by atoms with Crippen LogP contribution in [0.4, 0.5) is 25.8 Å². The normalized spacial score (nSPS) is 13.9. The first-order valence-corrected chi connectivity index (χ1v) is 9.14. The van der Waals surface area contributed by atoms with Crippen molar-refractivity contribution in [3.05, 3.63) is 42.5 Å². The number of anilines is 3. The summed E-state index contributed by atoms with van der Waals surface area (Å²) in [5.74, 6) is -0.191. The molecule has 2 aromatic carbocycles. The predicted octanol–water partition coefficient (Wildman–Crippen LogP) is 3.18. The monoisotopic (exact) mass is 407 g/mol. The van der Waals surface area contributed by atoms with E-state index in [9.17, 15) is 13.6 Å². The molecule has 3 rings (SSSR count). The lowest BCUT2D eigenvalue weighted by atomic mass is 10.2. The summed E-state index contributed by atoms with van der Waals surface area (Å²) in [6, 6.07) is 12.0. The van der Waals surface area contributed by atoms with Crippen molar-refractivity contribution < 1.29 is 27.8 Å². The molecule has 9 heteroatoms. The first-order chi connectivity index (χ1) is 14.0. The van der Waals surface area contributed by atoms with Crippen LogP contribution in [0, 0.1) is 0 Å². The molecule has 1 aliphatic rings. The molecule has 0 radical (unpaired) electrons. The van der Waals surface area contributed by atoms with E-state index in [0.29, 0.717) is 24.6 Å². The quantitative estimate of drug-likeness (QED) is 0.700. The van der Waals surface area contributed by atoms with Gasteiger partial charge in [0.05, 0.1) is 26.9 Å². The highest BCUT2D eigenvalue weighted by Gasteiger charge is 2.13. The average Bonchev–Trinajstić information content (AvgIpc) is 2.73. The van der Waals surface area contributed by atoms with Crippen LogP contribution in [0.3, 0.4) is 0 Å². The number of benzene rings is 2. The van der Waals surface area contributed by atoms with E-state index in [4.69, 9.17) is 9.47 Å². The maximum atomic E-state index is 12.5. The molecule has 1 aliphatic heterocycles. The molecule has 0 aliphatic carbocycles. The lowest BCUT2D eigenvalue weighted by Crippen LogP contribution is -2.36. The number of nitrogens with one attached hydrogen (secondary N) is 2. The second-order valence-corrected chi connectivity index (χ2v) is 6.29. The fourth-order valence-corrected chi connectivity index (χ4v) is 2.94. The summed E-state index contributed by atoms with van der Waals surface area (Å²) in [6.45, 7) is 0.0943. The summed E-state index contributed by atoms with van der Waals surface area (Å²) in [7, 11) is 1.36. The number of carbonyl (C=O) groups excluding carboxylic acids is 1. The van der Waals surface area contributed by atoms with Crippen LogP contribution in [0.25, 0.3) is 0 Å². The summed E-state index contributed by atoms with van der Waals surface area (Å²) < 4.78 is 39.8. The minimum atomic E-state index is -2.97. The summed E-state index contributed by atoms with van der Waals surface area (Å²) in [5, 5.41) is 5.67. The minimum absolute atomic E-state index is 0.0360. The molecule has 7 nitrogen and oxygen atoms in total. The third-order valence-corrected chi connectivity index (χ3v) is 4.36.